The number of aromatic amines is 1. The summed E-state index contributed by atoms with van der Waals surface area (Å²) in [6, 6.07) is 28.5. The van der Waals surface area contributed by atoms with Crippen molar-refractivity contribution in [3.8, 4) is 5.75 Å². The maximum Gasteiger partial charge on any atom is 0.332 e. The van der Waals surface area contributed by atoms with Crippen LogP contribution >= 0.6 is 0 Å². The Morgan fingerprint density at radius 2 is 1.65 bits per heavy atom. The van der Waals surface area contributed by atoms with E-state index in [1.165, 1.54) is 4.90 Å². The molecule has 0 saturated carbocycles. The number of nitrogens with zero attached hydrogens (tertiary/aromatic N) is 2. The van der Waals surface area contributed by atoms with E-state index in [1.54, 1.807) is 36.3 Å². The Kier molecular flexibility index (Phi) is 6.46. The molecule has 5 aromatic rings. The molecule has 2 aliphatic rings. The molecule has 1 fully saturated rings. The molecule has 4 amide bonds. The van der Waals surface area contributed by atoms with Crippen molar-refractivity contribution in [3.05, 3.63) is 131 Å². The third-order valence-corrected chi connectivity index (χ3v) is 8.53. The molecule has 0 spiro atoms. The average Bonchev–Trinajstić information content (AvgIpc) is 3.53. The number of fused-ring (bicyclic) bond motifs is 4. The molecule has 43 heavy (non-hydrogen) atoms. The van der Waals surface area contributed by atoms with Crippen molar-refractivity contribution in [2.45, 2.75) is 32.0 Å². The first-order valence-corrected chi connectivity index (χ1v) is 14.3. The van der Waals surface area contributed by atoms with Crippen LogP contribution in [0.2, 0.25) is 0 Å². The molecule has 214 valence electrons. The van der Waals surface area contributed by atoms with Gasteiger partial charge in [0, 0.05) is 29.6 Å². The molecule has 1 aromatic heterocycles. The summed E-state index contributed by atoms with van der Waals surface area (Å²) in [5, 5.41) is 3.98. The Hall–Kier alpha value is -5.37. The second-order valence-corrected chi connectivity index (χ2v) is 11.0. The van der Waals surface area contributed by atoms with Gasteiger partial charge >= 0.3 is 6.03 Å². The SMILES string of the molecule is COc1ccc(CNC(=O)c2ccccc2N2C(=O)[C@@H]3Cc4c([nH]c5ccccc45)[C@@H](c4ccccc4C)N3C2=O)cc1. The van der Waals surface area contributed by atoms with Crippen molar-refractivity contribution in [3.63, 3.8) is 0 Å². The van der Waals surface area contributed by atoms with Crippen LogP contribution in [0.1, 0.15) is 44.3 Å². The zero-order valence-corrected chi connectivity index (χ0v) is 23.8. The predicted octanol–water partition coefficient (Wildman–Crippen LogP) is 5.90. The van der Waals surface area contributed by atoms with Crippen molar-refractivity contribution in [1.29, 1.82) is 0 Å². The lowest BCUT2D eigenvalue weighted by molar-refractivity contribution is -0.120. The lowest BCUT2D eigenvalue weighted by atomic mass is 9.87. The van der Waals surface area contributed by atoms with E-state index in [9.17, 15) is 14.4 Å². The number of carbonyl (C=O) groups excluding carboxylic acids is 3. The minimum atomic E-state index is -0.709. The van der Waals surface area contributed by atoms with Crippen molar-refractivity contribution in [2.75, 3.05) is 12.0 Å². The van der Waals surface area contributed by atoms with Crippen LogP contribution < -0.4 is 15.0 Å². The normalized spacial score (nSPS) is 17.6. The highest BCUT2D eigenvalue weighted by Gasteiger charge is 2.53. The Bertz CT molecular complexity index is 1890. The number of amides is 4. The Balaban J connectivity index is 1.26. The fourth-order valence-electron chi connectivity index (χ4n) is 6.40. The van der Waals surface area contributed by atoms with E-state index in [0.29, 0.717) is 6.42 Å². The molecule has 0 unspecified atom stereocenters. The zero-order valence-electron chi connectivity index (χ0n) is 23.8. The molecular formula is C35H30N4O4. The minimum absolute atomic E-state index is 0.258. The van der Waals surface area contributed by atoms with Gasteiger partial charge in [-0.15, -0.1) is 0 Å². The second-order valence-electron chi connectivity index (χ2n) is 11.0. The van der Waals surface area contributed by atoms with E-state index in [1.807, 2.05) is 73.7 Å². The molecule has 3 heterocycles. The number of ether oxygens (including phenoxy) is 1. The van der Waals surface area contributed by atoms with Crippen LogP contribution in [0.5, 0.6) is 5.75 Å². The predicted molar refractivity (Wildman–Crippen MR) is 164 cm³/mol. The van der Waals surface area contributed by atoms with Gasteiger partial charge in [0.05, 0.1) is 18.4 Å². The fourth-order valence-corrected chi connectivity index (χ4v) is 6.40. The Morgan fingerprint density at radius 3 is 2.44 bits per heavy atom. The summed E-state index contributed by atoms with van der Waals surface area (Å²) in [4.78, 5) is 48.5. The number of urea groups is 1. The monoisotopic (exact) mass is 570 g/mol. The van der Waals surface area contributed by atoms with Gasteiger partial charge in [-0.2, -0.15) is 0 Å². The Morgan fingerprint density at radius 1 is 0.930 bits per heavy atom. The van der Waals surface area contributed by atoms with E-state index in [2.05, 4.69) is 16.4 Å². The highest BCUT2D eigenvalue weighted by molar-refractivity contribution is 6.24. The van der Waals surface area contributed by atoms with Gasteiger partial charge in [0.1, 0.15) is 17.8 Å². The number of hydrogen-bond acceptors (Lipinski definition) is 4. The first kappa shape index (κ1) is 26.5. The van der Waals surface area contributed by atoms with Crippen LogP contribution in [0, 0.1) is 6.92 Å². The standard InChI is InChI=1S/C35H30N4O4/c1-21-9-3-4-10-24(21)32-31-27(25-11-5-7-13-28(25)37-31)19-30-34(41)39(35(42)38(30)32)29-14-8-6-12-26(29)33(40)36-20-22-15-17-23(43-2)18-16-22/h3-18,30,32,37H,19-20H2,1-2H3,(H,36,40)/t30-,32+/m0/s1. The van der Waals surface area contributed by atoms with Gasteiger partial charge < -0.3 is 15.0 Å². The van der Waals surface area contributed by atoms with Gasteiger partial charge in [-0.05, 0) is 59.5 Å². The van der Waals surface area contributed by atoms with Crippen LogP contribution in [0.25, 0.3) is 10.9 Å². The van der Waals surface area contributed by atoms with Crippen LogP contribution in [0.4, 0.5) is 10.5 Å². The molecule has 0 bridgehead atoms. The Labute approximate surface area is 248 Å². The molecule has 1 saturated heterocycles. The summed E-state index contributed by atoms with van der Waals surface area (Å²) in [7, 11) is 1.60. The quantitative estimate of drug-likeness (QED) is 0.249. The summed E-state index contributed by atoms with van der Waals surface area (Å²) in [5.41, 5.74) is 6.33. The number of imide groups is 1. The number of methoxy groups -OCH3 is 1. The summed E-state index contributed by atoms with van der Waals surface area (Å²) in [6.07, 6.45) is 0.384. The number of H-pyrrole nitrogens is 1. The third-order valence-electron chi connectivity index (χ3n) is 8.53. The molecule has 8 nitrogen and oxygen atoms in total. The molecule has 2 atom stereocenters. The topological polar surface area (TPSA) is 94.7 Å². The number of rotatable bonds is 6. The van der Waals surface area contributed by atoms with E-state index >= 15 is 0 Å². The summed E-state index contributed by atoms with van der Waals surface area (Å²) in [5.74, 6) is 0.0181. The molecule has 2 N–H and O–H groups in total. The summed E-state index contributed by atoms with van der Waals surface area (Å²) < 4.78 is 5.21. The first-order valence-electron chi connectivity index (χ1n) is 14.3. The number of aryl methyl sites for hydroxylation is 1. The molecule has 7 rings (SSSR count). The maximum atomic E-state index is 14.4. The molecular weight excluding hydrogens is 540 g/mol. The lowest BCUT2D eigenvalue weighted by Gasteiger charge is -2.36. The number of benzene rings is 4. The number of carbonyl (C=O) groups is 3. The van der Waals surface area contributed by atoms with Crippen molar-refractivity contribution in [2.24, 2.45) is 0 Å². The minimum Gasteiger partial charge on any atom is -0.497 e. The van der Waals surface area contributed by atoms with Crippen LogP contribution in [0.3, 0.4) is 0 Å². The molecule has 0 aliphatic carbocycles. The summed E-state index contributed by atoms with van der Waals surface area (Å²) >= 11 is 0. The molecule has 2 aliphatic heterocycles. The van der Waals surface area contributed by atoms with Gasteiger partial charge in [-0.25, -0.2) is 9.69 Å². The molecule has 0 radical (unpaired) electrons. The van der Waals surface area contributed by atoms with Gasteiger partial charge in [0.25, 0.3) is 11.8 Å². The van der Waals surface area contributed by atoms with Crippen LogP contribution in [-0.2, 0) is 17.8 Å². The highest BCUT2D eigenvalue weighted by Crippen LogP contribution is 2.45. The number of anilines is 1. The van der Waals surface area contributed by atoms with Gasteiger partial charge in [0.15, 0.2) is 0 Å². The molecule has 8 heteroatoms. The van der Waals surface area contributed by atoms with E-state index in [-0.39, 0.29) is 29.6 Å². The number of hydrogen-bond donors (Lipinski definition) is 2. The largest absolute Gasteiger partial charge is 0.497 e. The van der Waals surface area contributed by atoms with Gasteiger partial charge in [0.2, 0.25) is 0 Å². The smallest absolute Gasteiger partial charge is 0.332 e. The van der Waals surface area contributed by atoms with Crippen LogP contribution in [0.15, 0.2) is 97.1 Å². The average molecular weight is 571 g/mol. The number of para-hydroxylation sites is 2. The van der Waals surface area contributed by atoms with Crippen molar-refractivity contribution < 1.29 is 19.1 Å². The van der Waals surface area contributed by atoms with Crippen molar-refractivity contribution >= 4 is 34.4 Å². The van der Waals surface area contributed by atoms with Crippen molar-refractivity contribution in [1.82, 2.24) is 15.2 Å². The van der Waals surface area contributed by atoms with E-state index < -0.39 is 18.1 Å². The van der Waals surface area contributed by atoms with Gasteiger partial charge in [-0.3, -0.25) is 14.5 Å². The third kappa shape index (κ3) is 4.34. The zero-order chi connectivity index (χ0) is 29.7. The van der Waals surface area contributed by atoms with Gasteiger partial charge in [-0.1, -0.05) is 66.7 Å². The molecule has 4 aromatic carbocycles. The highest BCUT2D eigenvalue weighted by atomic mass is 16.5. The van der Waals surface area contributed by atoms with Crippen LogP contribution in [-0.4, -0.2) is 40.9 Å². The van der Waals surface area contributed by atoms with E-state index in [0.717, 1.165) is 44.6 Å². The van der Waals surface area contributed by atoms with E-state index in [4.69, 9.17) is 4.74 Å². The lowest BCUT2D eigenvalue weighted by Crippen LogP contribution is -2.44. The second kappa shape index (κ2) is 10.5. The number of nitrogens with one attached hydrogen (secondary N) is 2. The first-order chi connectivity index (χ1) is 21.0. The number of aromatic nitrogens is 1. The summed E-state index contributed by atoms with van der Waals surface area (Å²) in [6.45, 7) is 2.30. The maximum absolute atomic E-state index is 14.4. The fraction of sp³-hybridized carbons (Fsp3) is 0.171.